The van der Waals surface area contributed by atoms with Gasteiger partial charge in [0.25, 0.3) is 0 Å². The molecule has 1 aromatic rings. The highest BCUT2D eigenvalue weighted by Gasteiger charge is 2.16. The average molecular weight is 294 g/mol. The van der Waals surface area contributed by atoms with Crippen molar-refractivity contribution in [3.63, 3.8) is 0 Å². The van der Waals surface area contributed by atoms with Crippen molar-refractivity contribution in [2.45, 2.75) is 46.1 Å². The number of nitrogen functional groups attached to an aromatic ring is 1. The third-order valence-electron chi connectivity index (χ3n) is 2.96. The van der Waals surface area contributed by atoms with Crippen molar-refractivity contribution in [2.24, 2.45) is 5.73 Å². The Morgan fingerprint density at radius 3 is 2.24 bits per heavy atom. The molecule has 4 N–H and O–H groups in total. The molecule has 0 spiro atoms. The Morgan fingerprint density at radius 2 is 1.86 bits per heavy atom. The largest absolute Gasteiger partial charge is 0.444 e. The van der Waals surface area contributed by atoms with Crippen LogP contribution >= 0.6 is 0 Å². The summed E-state index contributed by atoms with van der Waals surface area (Å²) < 4.78 is 4.58. The van der Waals surface area contributed by atoms with E-state index in [-0.39, 0.29) is 0 Å². The Kier molecular flexibility index (Phi) is 5.81. The maximum Gasteiger partial charge on any atom is 0.405 e. The van der Waals surface area contributed by atoms with Gasteiger partial charge in [0.15, 0.2) is 0 Å². The average Bonchev–Trinajstić information content (AvgIpc) is 2.79. The fraction of sp³-hybridized carbons (Fsp3) is 0.600. The van der Waals surface area contributed by atoms with Gasteiger partial charge in [0.1, 0.15) is 5.60 Å². The SMILES string of the molecule is CC(C)(C)OC(N)=O.Cc1cncc(N)c1N1CCCC1. The number of ether oxygens (including phenoxy) is 1. The zero-order chi connectivity index (χ0) is 16.0. The van der Waals surface area contributed by atoms with Crippen LogP contribution in [0.3, 0.4) is 0 Å². The Bertz CT molecular complexity index is 457. The summed E-state index contributed by atoms with van der Waals surface area (Å²) in [5.41, 5.74) is 13.3. The first-order valence-electron chi connectivity index (χ1n) is 7.14. The second-order valence-corrected chi connectivity index (χ2v) is 6.12. The van der Waals surface area contributed by atoms with Gasteiger partial charge in [-0.05, 0) is 46.1 Å². The molecule has 2 heterocycles. The van der Waals surface area contributed by atoms with Crippen molar-refractivity contribution >= 4 is 17.5 Å². The minimum absolute atomic E-state index is 0.453. The number of nitrogens with zero attached hydrogens (tertiary/aromatic N) is 2. The van der Waals surface area contributed by atoms with Crippen LogP contribution in [-0.2, 0) is 4.74 Å². The molecule has 1 aromatic heterocycles. The molecule has 1 saturated heterocycles. The van der Waals surface area contributed by atoms with Crippen LogP contribution in [0.15, 0.2) is 12.4 Å². The first kappa shape index (κ1) is 17.1. The molecule has 0 bridgehead atoms. The Hall–Kier alpha value is -1.98. The minimum atomic E-state index is -0.725. The van der Waals surface area contributed by atoms with E-state index in [4.69, 9.17) is 11.5 Å². The molecule has 0 aromatic carbocycles. The lowest BCUT2D eigenvalue weighted by Gasteiger charge is -2.21. The number of aryl methyl sites for hydroxylation is 1. The second kappa shape index (κ2) is 7.15. The van der Waals surface area contributed by atoms with E-state index in [9.17, 15) is 4.79 Å². The quantitative estimate of drug-likeness (QED) is 0.829. The van der Waals surface area contributed by atoms with Gasteiger partial charge in [-0.1, -0.05) is 0 Å². The lowest BCUT2D eigenvalue weighted by molar-refractivity contribution is 0.0600. The van der Waals surface area contributed by atoms with E-state index in [0.29, 0.717) is 0 Å². The van der Waals surface area contributed by atoms with Gasteiger partial charge < -0.3 is 21.1 Å². The lowest BCUT2D eigenvalue weighted by Crippen LogP contribution is -2.27. The number of nitrogens with two attached hydrogens (primary N) is 2. The fourth-order valence-corrected chi connectivity index (χ4v) is 2.25. The third-order valence-corrected chi connectivity index (χ3v) is 2.96. The summed E-state index contributed by atoms with van der Waals surface area (Å²) in [6.45, 7) is 9.62. The summed E-state index contributed by atoms with van der Waals surface area (Å²) in [5.74, 6) is 0. The molecule has 1 aliphatic heterocycles. The molecule has 6 nitrogen and oxygen atoms in total. The van der Waals surface area contributed by atoms with Gasteiger partial charge in [0.2, 0.25) is 0 Å². The number of carbonyl (C=O) groups excluding carboxylic acids is 1. The van der Waals surface area contributed by atoms with E-state index in [0.717, 1.165) is 18.8 Å². The molecule has 21 heavy (non-hydrogen) atoms. The van der Waals surface area contributed by atoms with Gasteiger partial charge in [-0.2, -0.15) is 0 Å². The predicted octanol–water partition coefficient (Wildman–Crippen LogP) is 2.45. The van der Waals surface area contributed by atoms with E-state index < -0.39 is 11.7 Å². The highest BCUT2D eigenvalue weighted by molar-refractivity contribution is 5.70. The number of rotatable bonds is 1. The van der Waals surface area contributed by atoms with Crippen molar-refractivity contribution in [1.82, 2.24) is 4.98 Å². The first-order chi connectivity index (χ1) is 9.70. The summed E-state index contributed by atoms with van der Waals surface area (Å²) in [6.07, 6.45) is 5.45. The monoisotopic (exact) mass is 294 g/mol. The number of aromatic nitrogens is 1. The molecule has 1 amide bonds. The van der Waals surface area contributed by atoms with Crippen LogP contribution in [0.4, 0.5) is 16.2 Å². The van der Waals surface area contributed by atoms with Gasteiger partial charge in [-0.25, -0.2) is 4.79 Å². The van der Waals surface area contributed by atoms with Gasteiger partial charge in [0, 0.05) is 19.3 Å². The summed E-state index contributed by atoms with van der Waals surface area (Å²) in [7, 11) is 0. The van der Waals surface area contributed by atoms with Crippen molar-refractivity contribution < 1.29 is 9.53 Å². The number of hydrogen-bond donors (Lipinski definition) is 2. The van der Waals surface area contributed by atoms with Crippen LogP contribution in [0.25, 0.3) is 0 Å². The Morgan fingerprint density at radius 1 is 1.29 bits per heavy atom. The summed E-state index contributed by atoms with van der Waals surface area (Å²) in [4.78, 5) is 16.4. The highest BCUT2D eigenvalue weighted by Crippen LogP contribution is 2.28. The van der Waals surface area contributed by atoms with Crippen molar-refractivity contribution in [3.05, 3.63) is 18.0 Å². The second-order valence-electron chi connectivity index (χ2n) is 6.12. The number of pyridine rings is 1. The van der Waals surface area contributed by atoms with E-state index in [1.54, 1.807) is 27.0 Å². The normalized spacial score (nSPS) is 14.4. The minimum Gasteiger partial charge on any atom is -0.444 e. The van der Waals surface area contributed by atoms with E-state index in [1.165, 1.54) is 24.1 Å². The molecule has 118 valence electrons. The molecule has 0 radical (unpaired) electrons. The molecule has 2 rings (SSSR count). The van der Waals surface area contributed by atoms with E-state index >= 15 is 0 Å². The van der Waals surface area contributed by atoms with Crippen molar-refractivity contribution in [3.8, 4) is 0 Å². The number of amides is 1. The molecule has 0 aliphatic carbocycles. The molecule has 1 fully saturated rings. The van der Waals surface area contributed by atoms with Gasteiger partial charge in [-0.3, -0.25) is 4.98 Å². The van der Waals surface area contributed by atoms with Crippen LogP contribution in [-0.4, -0.2) is 29.8 Å². The zero-order valence-electron chi connectivity index (χ0n) is 13.3. The topological polar surface area (TPSA) is 94.5 Å². The van der Waals surface area contributed by atoms with Gasteiger partial charge in [-0.15, -0.1) is 0 Å². The van der Waals surface area contributed by atoms with Crippen molar-refractivity contribution in [2.75, 3.05) is 23.7 Å². The number of hydrogen-bond acceptors (Lipinski definition) is 5. The van der Waals surface area contributed by atoms with Crippen LogP contribution in [0.2, 0.25) is 0 Å². The third kappa shape index (κ3) is 5.89. The Balaban J connectivity index is 0.000000240. The maximum atomic E-state index is 10.0. The number of carbonyl (C=O) groups is 1. The maximum absolute atomic E-state index is 10.0. The molecule has 6 heteroatoms. The highest BCUT2D eigenvalue weighted by atomic mass is 16.6. The summed E-state index contributed by atoms with van der Waals surface area (Å²) in [6, 6.07) is 0. The van der Waals surface area contributed by atoms with E-state index in [1.807, 2.05) is 6.20 Å². The molecule has 0 saturated carbocycles. The standard InChI is InChI=1S/C10H15N3.C5H11NO2/c1-8-6-12-7-9(11)10(8)13-4-2-3-5-13;1-5(2,3)8-4(6)7/h6-7H,2-5,11H2,1H3;1-3H3,(H2,6,7). The van der Waals surface area contributed by atoms with Crippen LogP contribution in [0, 0.1) is 6.92 Å². The molecular weight excluding hydrogens is 268 g/mol. The molecule has 0 atom stereocenters. The number of primary amides is 1. The fourth-order valence-electron chi connectivity index (χ4n) is 2.25. The lowest BCUT2D eigenvalue weighted by atomic mass is 10.2. The molecule has 0 unspecified atom stereocenters. The number of anilines is 2. The molecule has 1 aliphatic rings. The zero-order valence-corrected chi connectivity index (χ0v) is 13.3. The van der Waals surface area contributed by atoms with E-state index in [2.05, 4.69) is 21.5 Å². The first-order valence-corrected chi connectivity index (χ1v) is 7.14. The van der Waals surface area contributed by atoms with Crippen molar-refractivity contribution in [1.29, 1.82) is 0 Å². The predicted molar refractivity (Wildman–Crippen MR) is 85.3 cm³/mol. The van der Waals surface area contributed by atoms with Gasteiger partial charge in [0.05, 0.1) is 17.6 Å². The van der Waals surface area contributed by atoms with Crippen LogP contribution in [0.5, 0.6) is 0 Å². The molecular formula is C15H26N4O2. The summed E-state index contributed by atoms with van der Waals surface area (Å²) >= 11 is 0. The van der Waals surface area contributed by atoms with Crippen LogP contribution < -0.4 is 16.4 Å². The Labute approximate surface area is 126 Å². The van der Waals surface area contributed by atoms with Gasteiger partial charge >= 0.3 is 6.09 Å². The smallest absolute Gasteiger partial charge is 0.405 e. The van der Waals surface area contributed by atoms with Crippen LogP contribution in [0.1, 0.15) is 39.2 Å². The summed E-state index contributed by atoms with van der Waals surface area (Å²) in [5, 5.41) is 0.